The van der Waals surface area contributed by atoms with E-state index >= 15 is 0 Å². The molecule has 0 unspecified atom stereocenters. The summed E-state index contributed by atoms with van der Waals surface area (Å²) in [6.45, 7) is 1.59. The molecule has 0 radical (unpaired) electrons. The van der Waals surface area contributed by atoms with Crippen LogP contribution in [0.25, 0.3) is 0 Å². The molecule has 10 heteroatoms. The molecule has 28 heavy (non-hydrogen) atoms. The number of rotatable bonds is 5. The Labute approximate surface area is 165 Å². The van der Waals surface area contributed by atoms with Crippen LogP contribution in [-0.4, -0.2) is 26.0 Å². The van der Waals surface area contributed by atoms with Crippen molar-refractivity contribution in [3.05, 3.63) is 35.7 Å². The van der Waals surface area contributed by atoms with Crippen molar-refractivity contribution in [3.63, 3.8) is 0 Å². The molecule has 0 aliphatic heterocycles. The maximum atomic E-state index is 13.1. The maximum absolute atomic E-state index is 13.1. The highest BCUT2D eigenvalue weighted by Gasteiger charge is 2.34. The molecule has 1 aromatic heterocycles. The van der Waals surface area contributed by atoms with E-state index in [0.717, 1.165) is 43.5 Å². The molecule has 1 amide bonds. The van der Waals surface area contributed by atoms with E-state index in [1.165, 1.54) is 29.3 Å². The number of anilines is 1. The molecule has 0 bridgehead atoms. The number of nitrogens with two attached hydrogens (primary N) is 1. The summed E-state index contributed by atoms with van der Waals surface area (Å²) in [5.74, 6) is 6.49. The first-order valence-corrected chi connectivity index (χ1v) is 9.99. The lowest BCUT2D eigenvalue weighted by Gasteiger charge is -2.20. The molecule has 2 aromatic rings. The Morgan fingerprint density at radius 3 is 2.61 bits per heavy atom. The second-order valence-corrected chi connectivity index (χ2v) is 8.15. The summed E-state index contributed by atoms with van der Waals surface area (Å²) in [5.41, 5.74) is -1.16. The van der Waals surface area contributed by atoms with Crippen LogP contribution in [0.4, 0.5) is 18.9 Å². The first kappa shape index (κ1) is 20.5. The van der Waals surface area contributed by atoms with Crippen LogP contribution in [0.2, 0.25) is 0 Å². The third-order valence-corrected chi connectivity index (χ3v) is 5.86. The number of carbonyl (C=O) groups excluding carboxylic acids is 1. The average Bonchev–Trinajstić information content (AvgIpc) is 3.02. The molecule has 6 nitrogen and oxygen atoms in total. The van der Waals surface area contributed by atoms with Gasteiger partial charge in [-0.1, -0.05) is 43.2 Å². The minimum Gasteiger partial charge on any atom is -0.336 e. The number of thioether (sulfide) groups is 1. The molecule has 0 spiro atoms. The zero-order chi connectivity index (χ0) is 20.3. The molecule has 0 saturated heterocycles. The van der Waals surface area contributed by atoms with Crippen molar-refractivity contribution in [1.82, 2.24) is 14.9 Å². The predicted molar refractivity (Wildman–Crippen MR) is 101 cm³/mol. The summed E-state index contributed by atoms with van der Waals surface area (Å²) in [7, 11) is 0. The fourth-order valence-electron chi connectivity index (χ4n) is 3.29. The number of hydrogen-bond acceptors (Lipinski definition) is 5. The minimum atomic E-state index is -4.55. The van der Waals surface area contributed by atoms with Crippen molar-refractivity contribution in [2.75, 3.05) is 11.2 Å². The maximum Gasteiger partial charge on any atom is 0.418 e. The molecule has 1 aromatic carbocycles. The van der Waals surface area contributed by atoms with Crippen LogP contribution in [0, 0.1) is 0 Å². The van der Waals surface area contributed by atoms with Crippen LogP contribution in [0.3, 0.4) is 0 Å². The van der Waals surface area contributed by atoms with E-state index < -0.39 is 22.9 Å². The van der Waals surface area contributed by atoms with E-state index in [1.54, 1.807) is 6.92 Å². The van der Waals surface area contributed by atoms with Gasteiger partial charge in [0.05, 0.1) is 16.5 Å². The van der Waals surface area contributed by atoms with E-state index in [9.17, 15) is 18.0 Å². The van der Waals surface area contributed by atoms with Crippen LogP contribution in [0.1, 0.15) is 56.3 Å². The number of halogens is 3. The number of nitrogens with one attached hydrogen (secondary N) is 1. The quantitative estimate of drug-likeness (QED) is 0.567. The van der Waals surface area contributed by atoms with E-state index in [1.807, 2.05) is 0 Å². The first-order valence-electron chi connectivity index (χ1n) is 9.11. The lowest BCUT2D eigenvalue weighted by molar-refractivity contribution is -0.137. The molecule has 1 heterocycles. The van der Waals surface area contributed by atoms with Crippen molar-refractivity contribution >= 4 is 23.4 Å². The average molecular weight is 413 g/mol. The monoisotopic (exact) mass is 413 g/mol. The lowest BCUT2D eigenvalue weighted by Crippen LogP contribution is -2.25. The summed E-state index contributed by atoms with van der Waals surface area (Å²) in [6, 6.07) is 4.88. The number of benzene rings is 1. The number of nitrogens with zero attached hydrogens (tertiary/aromatic N) is 3. The molecule has 152 valence electrons. The van der Waals surface area contributed by atoms with Crippen molar-refractivity contribution in [1.29, 1.82) is 0 Å². The molecule has 3 N–H and O–H groups in total. The Hall–Kier alpha value is -2.23. The van der Waals surface area contributed by atoms with Gasteiger partial charge >= 0.3 is 6.18 Å². The Kier molecular flexibility index (Phi) is 6.17. The number of aromatic nitrogens is 3. The largest absolute Gasteiger partial charge is 0.418 e. The molecule has 3 rings (SSSR count). The van der Waals surface area contributed by atoms with Crippen LogP contribution in [0.5, 0.6) is 0 Å². The van der Waals surface area contributed by atoms with Gasteiger partial charge in [0.2, 0.25) is 11.1 Å². The van der Waals surface area contributed by atoms with E-state index in [2.05, 4.69) is 15.5 Å². The van der Waals surface area contributed by atoms with Gasteiger partial charge in [-0.3, -0.25) is 4.79 Å². The number of para-hydroxylation sites is 1. The van der Waals surface area contributed by atoms with Crippen LogP contribution in [0.15, 0.2) is 29.4 Å². The highest BCUT2D eigenvalue weighted by atomic mass is 32.2. The second-order valence-electron chi connectivity index (χ2n) is 6.84. The van der Waals surface area contributed by atoms with Gasteiger partial charge in [0.1, 0.15) is 0 Å². The summed E-state index contributed by atoms with van der Waals surface area (Å²) in [6.07, 6.45) is 0.906. The molecule has 1 fully saturated rings. The molecule has 1 saturated carbocycles. The Morgan fingerprint density at radius 2 is 1.93 bits per heavy atom. The van der Waals surface area contributed by atoms with Gasteiger partial charge in [-0.2, -0.15) is 13.2 Å². The van der Waals surface area contributed by atoms with Gasteiger partial charge in [-0.05, 0) is 31.9 Å². The summed E-state index contributed by atoms with van der Waals surface area (Å²) < 4.78 is 40.7. The Bertz CT molecular complexity index is 833. The summed E-state index contributed by atoms with van der Waals surface area (Å²) in [4.78, 5) is 12.4. The van der Waals surface area contributed by atoms with Crippen molar-refractivity contribution in [2.45, 2.75) is 61.5 Å². The van der Waals surface area contributed by atoms with Crippen LogP contribution in [-0.2, 0) is 11.0 Å². The third-order valence-electron chi connectivity index (χ3n) is 4.80. The van der Waals surface area contributed by atoms with Crippen LogP contribution >= 0.6 is 11.8 Å². The fourth-order valence-corrected chi connectivity index (χ4v) is 4.07. The summed E-state index contributed by atoms with van der Waals surface area (Å²) in [5, 5.41) is 10.3. The SMILES string of the molecule is C[C@H](Sc1nnc(C2CCCCC2)n1N)C(=O)Nc1ccccc1C(F)(F)F. The Balaban J connectivity index is 1.68. The van der Waals surface area contributed by atoms with Gasteiger partial charge in [-0.25, -0.2) is 4.68 Å². The second kappa shape index (κ2) is 8.42. The molecule has 1 atom stereocenters. The number of alkyl halides is 3. The minimum absolute atomic E-state index is 0.253. The highest BCUT2D eigenvalue weighted by molar-refractivity contribution is 8.00. The van der Waals surface area contributed by atoms with Crippen molar-refractivity contribution in [3.8, 4) is 0 Å². The molecular formula is C18H22F3N5OS. The van der Waals surface area contributed by atoms with Gasteiger partial charge in [0.25, 0.3) is 0 Å². The lowest BCUT2D eigenvalue weighted by atomic mass is 9.89. The summed E-state index contributed by atoms with van der Waals surface area (Å²) >= 11 is 1.07. The van der Waals surface area contributed by atoms with E-state index in [-0.39, 0.29) is 11.6 Å². The normalized spacial score (nSPS) is 16.7. The van der Waals surface area contributed by atoms with Gasteiger partial charge in [0, 0.05) is 5.92 Å². The zero-order valence-corrected chi connectivity index (χ0v) is 16.2. The number of hydrogen-bond donors (Lipinski definition) is 2. The van der Waals surface area contributed by atoms with Gasteiger partial charge in [-0.15, -0.1) is 10.2 Å². The van der Waals surface area contributed by atoms with Crippen molar-refractivity contribution in [2.24, 2.45) is 0 Å². The molecular weight excluding hydrogens is 391 g/mol. The van der Waals surface area contributed by atoms with E-state index in [4.69, 9.17) is 5.84 Å². The smallest absolute Gasteiger partial charge is 0.336 e. The number of amides is 1. The standard InChI is InChI=1S/C18H22F3N5OS/c1-11(16(27)23-14-10-6-5-9-13(14)18(19,20)21)28-17-25-24-15(26(17)22)12-7-3-2-4-8-12/h5-6,9-12H,2-4,7-8,22H2,1H3,(H,23,27)/t11-/m0/s1. The predicted octanol–water partition coefficient (Wildman–Crippen LogP) is 4.18. The zero-order valence-electron chi connectivity index (χ0n) is 15.4. The van der Waals surface area contributed by atoms with Gasteiger partial charge < -0.3 is 11.2 Å². The molecule has 1 aliphatic rings. The van der Waals surface area contributed by atoms with Gasteiger partial charge in [0.15, 0.2) is 5.82 Å². The highest BCUT2D eigenvalue weighted by Crippen LogP contribution is 2.35. The van der Waals surface area contributed by atoms with E-state index in [0.29, 0.717) is 11.0 Å². The fraction of sp³-hybridized carbons (Fsp3) is 0.500. The third kappa shape index (κ3) is 4.60. The Morgan fingerprint density at radius 1 is 1.25 bits per heavy atom. The topological polar surface area (TPSA) is 85.8 Å². The van der Waals surface area contributed by atoms with Crippen molar-refractivity contribution < 1.29 is 18.0 Å². The number of carbonyl (C=O) groups is 1. The van der Waals surface area contributed by atoms with Crippen LogP contribution < -0.4 is 11.2 Å². The number of nitrogen functional groups attached to an aromatic ring is 1. The first-order chi connectivity index (χ1) is 13.3. The molecule has 1 aliphatic carbocycles.